The standard InChI is InChI=1S/C18H24N4O4S/c1-26-16-7-5-15(6-8-16)22-11-9-17(20-22)18(23)21-10-3-4-14(13-21)12-19-27(2,24)25/h5-9,11,14,19H,3-4,10,12-13H2,1-2H3. The third-order valence-corrected chi connectivity index (χ3v) is 5.28. The summed E-state index contributed by atoms with van der Waals surface area (Å²) >= 11 is 0. The van der Waals surface area contributed by atoms with Crippen molar-refractivity contribution in [1.29, 1.82) is 0 Å². The summed E-state index contributed by atoms with van der Waals surface area (Å²) in [6, 6.07) is 9.11. The number of benzene rings is 1. The first kappa shape index (κ1) is 19.4. The third-order valence-electron chi connectivity index (χ3n) is 4.59. The number of methoxy groups -OCH3 is 1. The van der Waals surface area contributed by atoms with Crippen LogP contribution in [0.15, 0.2) is 36.5 Å². The molecule has 1 saturated heterocycles. The molecule has 1 aromatic carbocycles. The Bertz CT molecular complexity index is 892. The predicted octanol–water partition coefficient (Wildman–Crippen LogP) is 1.28. The van der Waals surface area contributed by atoms with Gasteiger partial charge in [-0.2, -0.15) is 5.10 Å². The van der Waals surface area contributed by atoms with Gasteiger partial charge in [-0.1, -0.05) is 0 Å². The minimum atomic E-state index is -3.22. The highest BCUT2D eigenvalue weighted by molar-refractivity contribution is 7.88. The van der Waals surface area contributed by atoms with Gasteiger partial charge in [0.25, 0.3) is 5.91 Å². The van der Waals surface area contributed by atoms with Crippen molar-refractivity contribution in [2.45, 2.75) is 12.8 Å². The van der Waals surface area contributed by atoms with E-state index in [1.54, 1.807) is 29.0 Å². The number of hydrogen-bond donors (Lipinski definition) is 1. The lowest BCUT2D eigenvalue weighted by molar-refractivity contribution is 0.0670. The van der Waals surface area contributed by atoms with E-state index < -0.39 is 10.0 Å². The van der Waals surface area contributed by atoms with Crippen LogP contribution in [0, 0.1) is 5.92 Å². The molecular weight excluding hydrogens is 368 g/mol. The zero-order valence-corrected chi connectivity index (χ0v) is 16.3. The molecule has 0 bridgehead atoms. The van der Waals surface area contributed by atoms with Gasteiger partial charge in [-0.05, 0) is 49.1 Å². The van der Waals surface area contributed by atoms with Gasteiger partial charge in [-0.3, -0.25) is 4.79 Å². The highest BCUT2D eigenvalue weighted by Crippen LogP contribution is 2.19. The fraction of sp³-hybridized carbons (Fsp3) is 0.444. The van der Waals surface area contributed by atoms with E-state index in [1.807, 2.05) is 24.3 Å². The Balaban J connectivity index is 1.66. The molecule has 0 spiro atoms. The number of carbonyl (C=O) groups is 1. The van der Waals surface area contributed by atoms with Gasteiger partial charge in [-0.25, -0.2) is 17.8 Å². The second-order valence-corrected chi connectivity index (χ2v) is 8.56. The van der Waals surface area contributed by atoms with E-state index in [9.17, 15) is 13.2 Å². The fourth-order valence-electron chi connectivity index (χ4n) is 3.16. The lowest BCUT2D eigenvalue weighted by Crippen LogP contribution is -2.43. The number of ether oxygens (including phenoxy) is 1. The average Bonchev–Trinajstić information content (AvgIpc) is 3.16. The van der Waals surface area contributed by atoms with Crippen molar-refractivity contribution >= 4 is 15.9 Å². The summed E-state index contributed by atoms with van der Waals surface area (Å²) in [6.45, 7) is 1.53. The van der Waals surface area contributed by atoms with Crippen molar-refractivity contribution in [3.05, 3.63) is 42.2 Å². The first-order valence-corrected chi connectivity index (χ1v) is 10.7. The first-order valence-electron chi connectivity index (χ1n) is 8.80. The largest absolute Gasteiger partial charge is 0.497 e. The van der Waals surface area contributed by atoms with E-state index in [1.165, 1.54) is 0 Å². The van der Waals surface area contributed by atoms with Gasteiger partial charge >= 0.3 is 0 Å². The van der Waals surface area contributed by atoms with Gasteiger partial charge in [0.1, 0.15) is 5.75 Å². The number of likely N-dealkylation sites (tertiary alicyclic amines) is 1. The van der Waals surface area contributed by atoms with Crippen LogP contribution in [0.4, 0.5) is 0 Å². The van der Waals surface area contributed by atoms with Crippen molar-refractivity contribution in [2.24, 2.45) is 5.92 Å². The van der Waals surface area contributed by atoms with E-state index in [4.69, 9.17) is 4.74 Å². The van der Waals surface area contributed by atoms with Gasteiger partial charge < -0.3 is 9.64 Å². The third kappa shape index (κ3) is 5.08. The number of amides is 1. The molecule has 0 aliphatic carbocycles. The maximum Gasteiger partial charge on any atom is 0.274 e. The summed E-state index contributed by atoms with van der Waals surface area (Å²) in [5, 5.41) is 4.39. The van der Waals surface area contributed by atoms with Crippen LogP contribution in [0.3, 0.4) is 0 Å². The van der Waals surface area contributed by atoms with Gasteiger partial charge in [-0.15, -0.1) is 0 Å². The minimum absolute atomic E-state index is 0.112. The van der Waals surface area contributed by atoms with E-state index in [0.29, 0.717) is 25.3 Å². The highest BCUT2D eigenvalue weighted by atomic mass is 32.2. The maximum atomic E-state index is 12.8. The van der Waals surface area contributed by atoms with Crippen molar-refractivity contribution in [2.75, 3.05) is 33.0 Å². The Hall–Kier alpha value is -2.39. The number of nitrogens with zero attached hydrogens (tertiary/aromatic N) is 3. The molecule has 1 amide bonds. The molecule has 1 atom stereocenters. The molecule has 1 aliphatic rings. The molecule has 1 aromatic heterocycles. The molecule has 1 unspecified atom stereocenters. The van der Waals surface area contributed by atoms with Crippen molar-refractivity contribution in [3.8, 4) is 11.4 Å². The van der Waals surface area contributed by atoms with Crippen LogP contribution in [0.2, 0.25) is 0 Å². The second kappa shape index (κ2) is 8.10. The number of piperidine rings is 1. The summed E-state index contributed by atoms with van der Waals surface area (Å²) in [7, 11) is -1.62. The number of nitrogens with one attached hydrogen (secondary N) is 1. The number of sulfonamides is 1. The zero-order chi connectivity index (χ0) is 19.4. The maximum absolute atomic E-state index is 12.8. The monoisotopic (exact) mass is 392 g/mol. The van der Waals surface area contributed by atoms with Crippen molar-refractivity contribution in [1.82, 2.24) is 19.4 Å². The molecule has 0 saturated carbocycles. The molecule has 9 heteroatoms. The first-order chi connectivity index (χ1) is 12.9. The van der Waals surface area contributed by atoms with E-state index in [-0.39, 0.29) is 11.8 Å². The van der Waals surface area contributed by atoms with Crippen LogP contribution in [-0.4, -0.2) is 62.0 Å². The topological polar surface area (TPSA) is 93.5 Å². The molecule has 1 N–H and O–H groups in total. The molecule has 1 aliphatic heterocycles. The van der Waals surface area contributed by atoms with Gasteiger partial charge in [0.15, 0.2) is 5.69 Å². The lowest BCUT2D eigenvalue weighted by Gasteiger charge is -2.32. The number of aromatic nitrogens is 2. The summed E-state index contributed by atoms with van der Waals surface area (Å²) in [4.78, 5) is 14.5. The Labute approximate surface area is 159 Å². The number of carbonyl (C=O) groups excluding carboxylic acids is 1. The van der Waals surface area contributed by atoms with Gasteiger partial charge in [0, 0.05) is 25.8 Å². The second-order valence-electron chi connectivity index (χ2n) is 6.72. The predicted molar refractivity (Wildman–Crippen MR) is 102 cm³/mol. The molecule has 0 radical (unpaired) electrons. The van der Waals surface area contributed by atoms with Crippen LogP contribution < -0.4 is 9.46 Å². The Morgan fingerprint density at radius 1 is 1.30 bits per heavy atom. The molecule has 3 rings (SSSR count). The molecule has 146 valence electrons. The van der Waals surface area contributed by atoms with E-state index in [0.717, 1.165) is 30.5 Å². The SMILES string of the molecule is COc1ccc(-n2ccc(C(=O)N3CCCC(CNS(C)(=O)=O)C3)n2)cc1. The normalized spacial score (nSPS) is 17.7. The zero-order valence-electron chi connectivity index (χ0n) is 15.5. The molecule has 8 nitrogen and oxygen atoms in total. The minimum Gasteiger partial charge on any atom is -0.497 e. The van der Waals surface area contributed by atoms with Crippen molar-refractivity contribution < 1.29 is 17.9 Å². The van der Waals surface area contributed by atoms with Crippen LogP contribution >= 0.6 is 0 Å². The van der Waals surface area contributed by atoms with Crippen LogP contribution in [0.1, 0.15) is 23.3 Å². The van der Waals surface area contributed by atoms with Crippen LogP contribution in [0.25, 0.3) is 5.69 Å². The molecule has 27 heavy (non-hydrogen) atoms. The Morgan fingerprint density at radius 3 is 2.70 bits per heavy atom. The van der Waals surface area contributed by atoms with Gasteiger partial charge in [0.05, 0.1) is 19.1 Å². The molecule has 2 aromatic rings. The van der Waals surface area contributed by atoms with Crippen LogP contribution in [0.5, 0.6) is 5.75 Å². The summed E-state index contributed by atoms with van der Waals surface area (Å²) in [5.41, 5.74) is 1.21. The molecule has 1 fully saturated rings. The lowest BCUT2D eigenvalue weighted by atomic mass is 9.98. The fourth-order valence-corrected chi connectivity index (χ4v) is 3.70. The quantitative estimate of drug-likeness (QED) is 0.799. The van der Waals surface area contributed by atoms with Crippen molar-refractivity contribution in [3.63, 3.8) is 0 Å². The number of hydrogen-bond acceptors (Lipinski definition) is 5. The summed E-state index contributed by atoms with van der Waals surface area (Å²) < 4.78 is 31.9. The van der Waals surface area contributed by atoms with E-state index >= 15 is 0 Å². The summed E-state index contributed by atoms with van der Waals surface area (Å²) in [5.74, 6) is 0.733. The Morgan fingerprint density at radius 2 is 2.04 bits per heavy atom. The smallest absolute Gasteiger partial charge is 0.274 e. The average molecular weight is 392 g/mol. The number of rotatable bonds is 6. The van der Waals surface area contributed by atoms with Crippen LogP contribution in [-0.2, 0) is 10.0 Å². The van der Waals surface area contributed by atoms with E-state index in [2.05, 4.69) is 9.82 Å². The Kier molecular flexibility index (Phi) is 5.81. The molecule has 2 heterocycles. The van der Waals surface area contributed by atoms with Gasteiger partial charge in [0.2, 0.25) is 10.0 Å². The molecular formula is C18H24N4O4S. The summed E-state index contributed by atoms with van der Waals surface area (Å²) in [6.07, 6.45) is 4.64. The highest BCUT2D eigenvalue weighted by Gasteiger charge is 2.26.